The molecule has 1 fully saturated rings. The molecular formula is C17H20N4OS. The predicted octanol–water partition coefficient (Wildman–Crippen LogP) is 3.03. The Balaban J connectivity index is 2.24. The smallest absolute Gasteiger partial charge is 0.139 e. The maximum absolute atomic E-state index is 9.75. The van der Waals surface area contributed by atoms with Crippen LogP contribution in [-0.2, 0) is 0 Å². The number of benzene rings is 1. The summed E-state index contributed by atoms with van der Waals surface area (Å²) in [7, 11) is 2.11. The zero-order chi connectivity index (χ0) is 16.4. The maximum atomic E-state index is 9.75. The van der Waals surface area contributed by atoms with Crippen molar-refractivity contribution >= 4 is 35.1 Å². The molecule has 1 N–H and O–H groups in total. The van der Waals surface area contributed by atoms with Crippen LogP contribution in [0.4, 0.5) is 5.82 Å². The molecule has 1 aromatic carbocycles. The molecule has 0 bridgehead atoms. The largest absolute Gasteiger partial charge is 0.513 e. The lowest BCUT2D eigenvalue weighted by atomic mass is 10.2. The highest BCUT2D eigenvalue weighted by molar-refractivity contribution is 7.71. The topological polar surface area (TPSA) is 52.5 Å². The number of fused-ring (bicyclic) bond motifs is 1. The minimum Gasteiger partial charge on any atom is -0.513 e. The first-order valence-electron chi connectivity index (χ1n) is 7.66. The Labute approximate surface area is 140 Å². The molecule has 3 rings (SSSR count). The van der Waals surface area contributed by atoms with Crippen LogP contribution in [0, 0.1) is 4.64 Å². The van der Waals surface area contributed by atoms with Crippen molar-refractivity contribution < 1.29 is 5.11 Å². The average Bonchev–Trinajstić information content (AvgIpc) is 2.65. The van der Waals surface area contributed by atoms with Gasteiger partial charge in [-0.15, -0.1) is 0 Å². The fourth-order valence-electron chi connectivity index (χ4n) is 2.69. The number of aromatic nitrogens is 2. The lowest BCUT2D eigenvalue weighted by molar-refractivity contribution is 0.312. The summed E-state index contributed by atoms with van der Waals surface area (Å²) in [5, 5.41) is 9.75. The quantitative estimate of drug-likeness (QED) is 0.675. The van der Waals surface area contributed by atoms with E-state index in [1.165, 1.54) is 0 Å². The number of hydrogen-bond donors (Lipinski definition) is 1. The van der Waals surface area contributed by atoms with E-state index >= 15 is 0 Å². The molecule has 0 aliphatic carbocycles. The van der Waals surface area contributed by atoms with Crippen LogP contribution in [0.5, 0.6) is 0 Å². The van der Waals surface area contributed by atoms with Gasteiger partial charge in [-0.05, 0) is 32.2 Å². The van der Waals surface area contributed by atoms with Gasteiger partial charge in [0.05, 0.1) is 22.4 Å². The molecule has 0 radical (unpaired) electrons. The second kappa shape index (κ2) is 6.60. The number of piperazine rings is 1. The predicted molar refractivity (Wildman–Crippen MR) is 96.4 cm³/mol. The van der Waals surface area contributed by atoms with E-state index in [0.717, 1.165) is 43.0 Å². The Bertz CT molecular complexity index is 809. The van der Waals surface area contributed by atoms with Crippen LogP contribution in [0.1, 0.15) is 12.5 Å². The van der Waals surface area contributed by atoms with Crippen molar-refractivity contribution in [2.75, 3.05) is 38.1 Å². The summed E-state index contributed by atoms with van der Waals surface area (Å²) in [5.41, 5.74) is 2.28. The molecule has 23 heavy (non-hydrogen) atoms. The van der Waals surface area contributed by atoms with E-state index in [0.29, 0.717) is 10.2 Å². The second-order valence-corrected chi connectivity index (χ2v) is 6.22. The third kappa shape index (κ3) is 3.48. The minimum atomic E-state index is 0.199. The van der Waals surface area contributed by atoms with E-state index < -0.39 is 0 Å². The highest BCUT2D eigenvalue weighted by atomic mass is 32.1. The number of allylic oxidation sites excluding steroid dienone is 1. The molecule has 120 valence electrons. The number of para-hydroxylation sites is 2. The number of aliphatic hydroxyl groups is 1. The summed E-state index contributed by atoms with van der Waals surface area (Å²) in [6.45, 7) is 5.33. The van der Waals surface area contributed by atoms with E-state index in [1.807, 2.05) is 24.3 Å². The average molecular weight is 328 g/mol. The summed E-state index contributed by atoms with van der Waals surface area (Å²) < 4.78 is 0.459. The van der Waals surface area contributed by atoms with Gasteiger partial charge in [0.1, 0.15) is 10.5 Å². The molecule has 0 spiro atoms. The number of aliphatic hydroxyl groups excluding tert-OH is 1. The molecule has 5 nitrogen and oxygen atoms in total. The first kappa shape index (κ1) is 15.8. The van der Waals surface area contributed by atoms with E-state index in [1.54, 1.807) is 13.0 Å². The lowest BCUT2D eigenvalue weighted by Crippen LogP contribution is -2.45. The Hall–Kier alpha value is -2.05. The van der Waals surface area contributed by atoms with Crippen LogP contribution in [0.15, 0.2) is 30.0 Å². The Kier molecular flexibility index (Phi) is 4.54. The maximum Gasteiger partial charge on any atom is 0.139 e. The van der Waals surface area contributed by atoms with Gasteiger partial charge in [0.2, 0.25) is 0 Å². The molecule has 1 aromatic heterocycles. The van der Waals surface area contributed by atoms with Crippen molar-refractivity contribution in [2.45, 2.75) is 6.92 Å². The fraction of sp³-hybridized carbons (Fsp3) is 0.353. The molecular weight excluding hydrogens is 308 g/mol. The van der Waals surface area contributed by atoms with Gasteiger partial charge in [0.15, 0.2) is 0 Å². The van der Waals surface area contributed by atoms with Gasteiger partial charge in [0, 0.05) is 26.2 Å². The molecule has 0 unspecified atom stereocenters. The fourth-order valence-corrected chi connectivity index (χ4v) is 2.94. The molecule has 6 heteroatoms. The van der Waals surface area contributed by atoms with Crippen LogP contribution in [0.25, 0.3) is 17.1 Å². The lowest BCUT2D eigenvalue weighted by Gasteiger charge is -2.33. The van der Waals surface area contributed by atoms with E-state index in [4.69, 9.17) is 17.2 Å². The molecule has 0 amide bonds. The SMILES string of the molecule is C/C(O)=C\c1c(N2CCN(C)CC2)nc2ccccc2nc1=S. The number of rotatable bonds is 2. The number of likely N-dealkylation sites (N-methyl/N-ethyl adjacent to an activating group) is 1. The summed E-state index contributed by atoms with van der Waals surface area (Å²) in [5.74, 6) is 0.996. The van der Waals surface area contributed by atoms with Gasteiger partial charge < -0.3 is 14.9 Å². The second-order valence-electron chi connectivity index (χ2n) is 5.83. The van der Waals surface area contributed by atoms with E-state index in [-0.39, 0.29) is 5.76 Å². The molecule has 1 aliphatic rings. The standard InChI is InChI=1S/C17H20N4OS/c1-12(22)11-13-16(21-9-7-20(2)8-10-21)18-14-5-3-4-6-15(14)19-17(13)23/h3-6,11,22H,7-10H2,1-2H3/b12-11+. The van der Waals surface area contributed by atoms with Crippen LogP contribution < -0.4 is 4.90 Å². The van der Waals surface area contributed by atoms with Crippen molar-refractivity contribution in [2.24, 2.45) is 0 Å². The zero-order valence-corrected chi connectivity index (χ0v) is 14.2. The Morgan fingerprint density at radius 3 is 2.35 bits per heavy atom. The molecule has 2 heterocycles. The summed E-state index contributed by atoms with van der Waals surface area (Å²) >= 11 is 5.50. The minimum absolute atomic E-state index is 0.199. The number of hydrogen-bond acceptors (Lipinski definition) is 6. The van der Waals surface area contributed by atoms with Gasteiger partial charge in [0.25, 0.3) is 0 Å². The van der Waals surface area contributed by atoms with Gasteiger partial charge in [-0.3, -0.25) is 0 Å². The van der Waals surface area contributed by atoms with Crippen molar-refractivity contribution in [1.29, 1.82) is 0 Å². The van der Waals surface area contributed by atoms with Crippen LogP contribution >= 0.6 is 12.2 Å². The van der Waals surface area contributed by atoms with Gasteiger partial charge >= 0.3 is 0 Å². The highest BCUT2D eigenvalue weighted by Gasteiger charge is 2.19. The molecule has 2 aromatic rings. The molecule has 0 atom stereocenters. The first-order valence-corrected chi connectivity index (χ1v) is 8.07. The van der Waals surface area contributed by atoms with Crippen molar-refractivity contribution in [3.8, 4) is 0 Å². The van der Waals surface area contributed by atoms with Crippen molar-refractivity contribution in [1.82, 2.24) is 14.9 Å². The Morgan fingerprint density at radius 2 is 1.74 bits per heavy atom. The van der Waals surface area contributed by atoms with Crippen LogP contribution in [-0.4, -0.2) is 53.2 Å². The van der Waals surface area contributed by atoms with Crippen LogP contribution in [0.3, 0.4) is 0 Å². The number of anilines is 1. The summed E-state index contributed by atoms with van der Waals surface area (Å²) in [6.07, 6.45) is 1.66. The molecule has 1 saturated heterocycles. The molecule has 0 saturated carbocycles. The van der Waals surface area contributed by atoms with Gasteiger partial charge in [-0.2, -0.15) is 0 Å². The normalized spacial score (nSPS) is 16.8. The van der Waals surface area contributed by atoms with Gasteiger partial charge in [-0.25, -0.2) is 9.97 Å². The summed E-state index contributed by atoms with van der Waals surface area (Å²) in [6, 6.07) is 7.72. The van der Waals surface area contributed by atoms with E-state index in [9.17, 15) is 5.11 Å². The zero-order valence-electron chi connectivity index (χ0n) is 13.4. The van der Waals surface area contributed by atoms with Crippen molar-refractivity contribution in [3.05, 3.63) is 40.2 Å². The van der Waals surface area contributed by atoms with Crippen molar-refractivity contribution in [3.63, 3.8) is 0 Å². The monoisotopic (exact) mass is 328 g/mol. The van der Waals surface area contributed by atoms with Crippen LogP contribution in [0.2, 0.25) is 0 Å². The number of nitrogens with zero attached hydrogens (tertiary/aromatic N) is 4. The summed E-state index contributed by atoms with van der Waals surface area (Å²) in [4.78, 5) is 13.9. The third-order valence-electron chi connectivity index (χ3n) is 3.96. The first-order chi connectivity index (χ1) is 11.0. The molecule has 1 aliphatic heterocycles. The van der Waals surface area contributed by atoms with Gasteiger partial charge in [-0.1, -0.05) is 24.4 Å². The highest BCUT2D eigenvalue weighted by Crippen LogP contribution is 2.24. The third-order valence-corrected chi connectivity index (χ3v) is 4.27. The Morgan fingerprint density at radius 1 is 1.13 bits per heavy atom. The van der Waals surface area contributed by atoms with E-state index in [2.05, 4.69) is 21.8 Å².